The van der Waals surface area contributed by atoms with Crippen LogP contribution in [-0.4, -0.2) is 43.0 Å². The van der Waals surface area contributed by atoms with Crippen molar-refractivity contribution in [2.75, 3.05) is 28.7 Å². The van der Waals surface area contributed by atoms with Crippen LogP contribution in [0.4, 0.5) is 21.9 Å². The maximum absolute atomic E-state index is 12.3. The van der Waals surface area contributed by atoms with Gasteiger partial charge in [0.15, 0.2) is 6.61 Å². The summed E-state index contributed by atoms with van der Waals surface area (Å²) in [7, 11) is 0. The van der Waals surface area contributed by atoms with Crippen molar-refractivity contribution in [3.05, 3.63) is 54.1 Å². The maximum Gasteiger partial charge on any atom is 0.338 e. The largest absolute Gasteiger partial charge is 0.452 e. The van der Waals surface area contributed by atoms with E-state index >= 15 is 0 Å². The Morgan fingerprint density at radius 2 is 1.93 bits per heavy atom. The normalized spacial score (nSPS) is 16.7. The first-order chi connectivity index (χ1) is 14.5. The van der Waals surface area contributed by atoms with Gasteiger partial charge < -0.3 is 20.3 Å². The van der Waals surface area contributed by atoms with E-state index in [4.69, 9.17) is 4.74 Å². The number of nitrogens with zero attached hydrogens (tertiary/aromatic N) is 1. The molecule has 2 heterocycles. The fourth-order valence-corrected chi connectivity index (χ4v) is 3.62. The Bertz CT molecular complexity index is 1010. The third kappa shape index (κ3) is 4.09. The van der Waals surface area contributed by atoms with Crippen molar-refractivity contribution in [2.45, 2.75) is 18.9 Å². The Kier molecular flexibility index (Phi) is 5.34. The van der Waals surface area contributed by atoms with Crippen LogP contribution in [0.3, 0.4) is 0 Å². The second kappa shape index (κ2) is 8.24. The molecule has 3 N–H and O–H groups in total. The highest BCUT2D eigenvalue weighted by atomic mass is 16.5. The van der Waals surface area contributed by atoms with Crippen LogP contribution in [0.25, 0.3) is 0 Å². The van der Waals surface area contributed by atoms with E-state index in [1.54, 1.807) is 42.5 Å². The molecule has 0 aliphatic carbocycles. The number of amides is 4. The number of benzene rings is 2. The number of hydrogen-bond acceptors (Lipinski definition) is 6. The predicted molar refractivity (Wildman–Crippen MR) is 109 cm³/mol. The van der Waals surface area contributed by atoms with Gasteiger partial charge >= 0.3 is 12.0 Å². The molecule has 4 rings (SSSR count). The predicted octanol–water partition coefficient (Wildman–Crippen LogP) is 2.11. The highest BCUT2D eigenvalue weighted by Gasteiger charge is 2.36. The molecule has 0 radical (unpaired) electrons. The third-order valence-electron chi connectivity index (χ3n) is 4.97. The van der Waals surface area contributed by atoms with Gasteiger partial charge in [-0.3, -0.25) is 14.9 Å². The zero-order chi connectivity index (χ0) is 21.1. The van der Waals surface area contributed by atoms with Gasteiger partial charge in [0.1, 0.15) is 6.04 Å². The molecule has 0 bridgehead atoms. The van der Waals surface area contributed by atoms with Crippen molar-refractivity contribution in [3.63, 3.8) is 0 Å². The summed E-state index contributed by atoms with van der Waals surface area (Å²) in [5, 5.41) is 7.40. The molecule has 9 heteroatoms. The van der Waals surface area contributed by atoms with E-state index in [2.05, 4.69) is 16.0 Å². The maximum atomic E-state index is 12.3. The summed E-state index contributed by atoms with van der Waals surface area (Å²) in [5.74, 6) is -1.58. The van der Waals surface area contributed by atoms with Crippen LogP contribution < -0.4 is 20.9 Å². The molecule has 2 aromatic carbocycles. The van der Waals surface area contributed by atoms with Gasteiger partial charge in [-0.25, -0.2) is 9.59 Å². The minimum atomic E-state index is -0.761. The molecule has 0 unspecified atom stereocenters. The van der Waals surface area contributed by atoms with Crippen molar-refractivity contribution < 1.29 is 23.9 Å². The molecule has 0 aromatic heterocycles. The van der Waals surface area contributed by atoms with Crippen LogP contribution in [-0.2, 0) is 14.3 Å². The summed E-state index contributed by atoms with van der Waals surface area (Å²) >= 11 is 0. The molecule has 4 amide bonds. The smallest absolute Gasteiger partial charge is 0.338 e. The molecule has 30 heavy (non-hydrogen) atoms. The lowest BCUT2D eigenvalue weighted by atomic mass is 10.1. The summed E-state index contributed by atoms with van der Waals surface area (Å²) < 4.78 is 4.99. The molecule has 2 aromatic rings. The lowest BCUT2D eigenvalue weighted by molar-refractivity contribution is -0.123. The average Bonchev–Trinajstić information content (AvgIpc) is 3.23. The molecule has 0 spiro atoms. The van der Waals surface area contributed by atoms with Crippen molar-refractivity contribution in [3.8, 4) is 0 Å². The van der Waals surface area contributed by atoms with Gasteiger partial charge in [0.05, 0.1) is 16.9 Å². The molecule has 1 fully saturated rings. The topological polar surface area (TPSA) is 117 Å². The van der Waals surface area contributed by atoms with E-state index in [-0.39, 0.29) is 17.5 Å². The van der Waals surface area contributed by atoms with Crippen molar-refractivity contribution >= 4 is 40.9 Å². The van der Waals surface area contributed by atoms with Crippen molar-refractivity contribution in [1.82, 2.24) is 5.32 Å². The van der Waals surface area contributed by atoms with Crippen LogP contribution in [0.2, 0.25) is 0 Å². The SMILES string of the molecule is O=C(COC(=O)c1ccc2c(c1)NC(=O)[C@H]1CCCN21)NC(=O)Nc1ccccc1. The second-order valence-corrected chi connectivity index (χ2v) is 7.02. The van der Waals surface area contributed by atoms with Crippen molar-refractivity contribution in [1.29, 1.82) is 0 Å². The van der Waals surface area contributed by atoms with Crippen LogP contribution >= 0.6 is 0 Å². The third-order valence-corrected chi connectivity index (χ3v) is 4.97. The molecule has 0 saturated carbocycles. The molecule has 2 aliphatic heterocycles. The Labute approximate surface area is 172 Å². The summed E-state index contributed by atoms with van der Waals surface area (Å²) in [6.07, 6.45) is 1.75. The second-order valence-electron chi connectivity index (χ2n) is 7.02. The van der Waals surface area contributed by atoms with Gasteiger partial charge in [0.2, 0.25) is 5.91 Å². The lowest BCUT2D eigenvalue weighted by Crippen LogP contribution is -2.43. The van der Waals surface area contributed by atoms with E-state index < -0.39 is 24.5 Å². The van der Waals surface area contributed by atoms with E-state index in [9.17, 15) is 19.2 Å². The van der Waals surface area contributed by atoms with Gasteiger partial charge in [-0.1, -0.05) is 18.2 Å². The number of urea groups is 1. The summed E-state index contributed by atoms with van der Waals surface area (Å²) in [6.45, 7) is 0.179. The number of anilines is 3. The highest BCUT2D eigenvalue weighted by Crippen LogP contribution is 2.37. The minimum absolute atomic E-state index is 0.0886. The van der Waals surface area contributed by atoms with E-state index in [0.717, 1.165) is 25.1 Å². The van der Waals surface area contributed by atoms with E-state index in [0.29, 0.717) is 11.4 Å². The molecule has 1 saturated heterocycles. The van der Waals surface area contributed by atoms with E-state index in [1.807, 2.05) is 4.90 Å². The quantitative estimate of drug-likeness (QED) is 0.667. The molecule has 2 aliphatic rings. The zero-order valence-corrected chi connectivity index (χ0v) is 16.0. The van der Waals surface area contributed by atoms with Gasteiger partial charge in [0.25, 0.3) is 5.91 Å². The van der Waals surface area contributed by atoms with Gasteiger partial charge in [-0.05, 0) is 43.2 Å². The number of ether oxygens (including phenoxy) is 1. The summed E-state index contributed by atoms with van der Waals surface area (Å²) in [4.78, 5) is 50.2. The number of carbonyl (C=O) groups excluding carboxylic acids is 4. The number of imide groups is 1. The Morgan fingerprint density at radius 1 is 1.13 bits per heavy atom. The number of rotatable bonds is 4. The van der Waals surface area contributed by atoms with Gasteiger partial charge in [0, 0.05) is 12.2 Å². The van der Waals surface area contributed by atoms with Crippen LogP contribution in [0.5, 0.6) is 0 Å². The number of hydrogen-bond donors (Lipinski definition) is 3. The number of carbonyl (C=O) groups is 4. The molecule has 9 nitrogen and oxygen atoms in total. The first-order valence-corrected chi connectivity index (χ1v) is 9.56. The highest BCUT2D eigenvalue weighted by molar-refractivity contribution is 6.06. The summed E-state index contributed by atoms with van der Waals surface area (Å²) in [5.41, 5.74) is 2.13. The number of esters is 1. The average molecular weight is 408 g/mol. The monoisotopic (exact) mass is 408 g/mol. The molecule has 154 valence electrons. The van der Waals surface area contributed by atoms with Crippen LogP contribution in [0.1, 0.15) is 23.2 Å². The summed E-state index contributed by atoms with van der Waals surface area (Å²) in [6, 6.07) is 12.6. The fourth-order valence-electron chi connectivity index (χ4n) is 3.62. The fraction of sp³-hybridized carbons (Fsp3) is 0.238. The number of fused-ring (bicyclic) bond motifs is 3. The first-order valence-electron chi connectivity index (χ1n) is 9.56. The van der Waals surface area contributed by atoms with Gasteiger partial charge in [-0.15, -0.1) is 0 Å². The van der Waals surface area contributed by atoms with Crippen molar-refractivity contribution in [2.24, 2.45) is 0 Å². The minimum Gasteiger partial charge on any atom is -0.452 e. The Balaban J connectivity index is 1.32. The van der Waals surface area contributed by atoms with Crippen LogP contribution in [0, 0.1) is 0 Å². The first kappa shape index (κ1) is 19.4. The standard InChI is InChI=1S/C21H20N4O5/c26-18(24-21(29)22-14-5-2-1-3-6-14)12-30-20(28)13-8-9-16-15(11-13)23-19(27)17-7-4-10-25(16)17/h1-3,5-6,8-9,11,17H,4,7,10,12H2,(H,23,27)(H2,22,24,26,29)/t17-/m1/s1. The zero-order valence-electron chi connectivity index (χ0n) is 16.0. The van der Waals surface area contributed by atoms with Crippen LogP contribution in [0.15, 0.2) is 48.5 Å². The Morgan fingerprint density at radius 3 is 2.73 bits per heavy atom. The molecular weight excluding hydrogens is 388 g/mol. The molecule has 1 atom stereocenters. The van der Waals surface area contributed by atoms with Gasteiger partial charge in [-0.2, -0.15) is 0 Å². The van der Waals surface area contributed by atoms with E-state index in [1.165, 1.54) is 6.07 Å². The number of para-hydroxylation sites is 1. The Hall–Kier alpha value is -3.88. The molecular formula is C21H20N4O5. The lowest BCUT2D eigenvalue weighted by Gasteiger charge is -2.33. The number of nitrogens with one attached hydrogen (secondary N) is 3.